The minimum Gasteiger partial charge on any atom is -0.291 e. The van der Waals surface area contributed by atoms with E-state index in [1.165, 1.54) is 0 Å². The van der Waals surface area contributed by atoms with Crippen molar-refractivity contribution in [2.75, 3.05) is 0 Å². The third-order valence-electron chi connectivity index (χ3n) is 3.83. The van der Waals surface area contributed by atoms with Crippen molar-refractivity contribution in [2.45, 2.75) is 31.6 Å². The number of azide groups is 1. The van der Waals surface area contributed by atoms with E-state index in [1.807, 2.05) is 30.3 Å². The first-order chi connectivity index (χ1) is 9.24. The lowest BCUT2D eigenvalue weighted by atomic mass is 9.64. The molecule has 1 amide bonds. The van der Waals surface area contributed by atoms with Crippen molar-refractivity contribution in [1.29, 1.82) is 5.26 Å². The molecule has 0 aliphatic heterocycles. The Morgan fingerprint density at radius 2 is 2.16 bits per heavy atom. The maximum absolute atomic E-state index is 12.1. The van der Waals surface area contributed by atoms with E-state index in [0.29, 0.717) is 6.42 Å². The third-order valence-corrected chi connectivity index (χ3v) is 3.83. The number of nitriles is 1. The van der Waals surface area contributed by atoms with Crippen LogP contribution in [0.25, 0.3) is 10.4 Å². The molecular formula is C14H14N4O. The average molecular weight is 254 g/mol. The van der Waals surface area contributed by atoms with Crippen LogP contribution in [0.2, 0.25) is 0 Å². The molecule has 1 aromatic rings. The Bertz CT molecular complexity index is 557. The Labute approximate surface area is 111 Å². The minimum absolute atomic E-state index is 0.189. The minimum atomic E-state index is -1.20. The van der Waals surface area contributed by atoms with Gasteiger partial charge in [-0.15, -0.1) is 0 Å². The lowest BCUT2D eigenvalue weighted by molar-refractivity contribution is -0.127. The smallest absolute Gasteiger partial charge is 0.239 e. The number of benzene rings is 1. The van der Waals surface area contributed by atoms with Crippen LogP contribution in [0.15, 0.2) is 35.4 Å². The Morgan fingerprint density at radius 3 is 2.79 bits per heavy atom. The van der Waals surface area contributed by atoms with Crippen LogP contribution in [0.4, 0.5) is 0 Å². The van der Waals surface area contributed by atoms with Gasteiger partial charge in [-0.05, 0) is 29.1 Å². The lowest BCUT2D eigenvalue weighted by Gasteiger charge is -2.36. The van der Waals surface area contributed by atoms with Crippen LogP contribution >= 0.6 is 0 Å². The molecule has 0 heterocycles. The molecule has 96 valence electrons. The quantitative estimate of drug-likeness (QED) is 0.457. The Morgan fingerprint density at radius 1 is 1.42 bits per heavy atom. The molecule has 0 N–H and O–H groups in total. The SMILES string of the molecule is N#C[C@]1(C(=O)N=[N+]=[N-])CCCC[C@@H]1c1ccccc1. The largest absolute Gasteiger partial charge is 0.291 e. The number of nitrogens with zero attached hydrogens (tertiary/aromatic N) is 4. The topological polar surface area (TPSA) is 89.6 Å². The molecule has 1 aromatic carbocycles. The lowest BCUT2D eigenvalue weighted by Crippen LogP contribution is -2.37. The van der Waals surface area contributed by atoms with Crippen molar-refractivity contribution in [1.82, 2.24) is 0 Å². The summed E-state index contributed by atoms with van der Waals surface area (Å²) in [5.41, 5.74) is 8.22. The maximum Gasteiger partial charge on any atom is 0.239 e. The Balaban J connectivity index is 2.47. The summed E-state index contributed by atoms with van der Waals surface area (Å²) in [7, 11) is 0. The van der Waals surface area contributed by atoms with E-state index in [2.05, 4.69) is 16.1 Å². The maximum atomic E-state index is 12.1. The fraction of sp³-hybridized carbons (Fsp3) is 0.429. The molecule has 0 unspecified atom stereocenters. The van der Waals surface area contributed by atoms with Gasteiger partial charge in [0.05, 0.1) is 6.07 Å². The van der Waals surface area contributed by atoms with Crippen LogP contribution in [0.5, 0.6) is 0 Å². The second kappa shape index (κ2) is 5.55. The van der Waals surface area contributed by atoms with Gasteiger partial charge in [-0.2, -0.15) is 5.26 Å². The first kappa shape index (κ1) is 13.1. The fourth-order valence-electron chi connectivity index (χ4n) is 2.88. The van der Waals surface area contributed by atoms with Gasteiger partial charge in [0.1, 0.15) is 5.41 Å². The molecule has 0 aromatic heterocycles. The molecule has 5 heteroatoms. The van der Waals surface area contributed by atoms with Gasteiger partial charge in [0.2, 0.25) is 5.91 Å². The van der Waals surface area contributed by atoms with Gasteiger partial charge in [-0.25, -0.2) is 0 Å². The molecule has 5 nitrogen and oxygen atoms in total. The molecule has 0 radical (unpaired) electrons. The summed E-state index contributed by atoms with van der Waals surface area (Å²) in [6, 6.07) is 11.7. The first-order valence-electron chi connectivity index (χ1n) is 6.30. The standard InChI is InChI=1S/C14H14N4O/c15-10-14(13(19)17-18-16)9-5-4-8-12(14)11-6-2-1-3-7-11/h1-3,6-7,12H,4-5,8-9H2/t12-,14-/m1/s1. The Hall–Kier alpha value is -2.31. The van der Waals surface area contributed by atoms with E-state index in [9.17, 15) is 10.1 Å². The van der Waals surface area contributed by atoms with Crippen LogP contribution < -0.4 is 0 Å². The highest BCUT2D eigenvalue weighted by molar-refractivity contribution is 5.87. The molecule has 1 saturated carbocycles. The first-order valence-corrected chi connectivity index (χ1v) is 6.30. The van der Waals surface area contributed by atoms with E-state index in [4.69, 9.17) is 5.53 Å². The van der Waals surface area contributed by atoms with Crippen LogP contribution in [0, 0.1) is 16.7 Å². The summed E-state index contributed by atoms with van der Waals surface area (Å²) >= 11 is 0. The molecule has 0 spiro atoms. The third kappa shape index (κ3) is 2.31. The number of hydrogen-bond acceptors (Lipinski definition) is 2. The van der Waals surface area contributed by atoms with Gasteiger partial charge in [-0.1, -0.05) is 43.2 Å². The molecule has 0 saturated heterocycles. The zero-order valence-corrected chi connectivity index (χ0v) is 10.5. The number of hydrogen-bond donors (Lipinski definition) is 0. The molecule has 2 atom stereocenters. The molecule has 1 aliphatic carbocycles. The van der Waals surface area contributed by atoms with Gasteiger partial charge >= 0.3 is 0 Å². The summed E-state index contributed by atoms with van der Waals surface area (Å²) in [6.07, 6.45) is 3.02. The fourth-order valence-corrected chi connectivity index (χ4v) is 2.88. The van der Waals surface area contributed by atoms with Crippen molar-refractivity contribution in [3.63, 3.8) is 0 Å². The molecule has 0 bridgehead atoms. The van der Waals surface area contributed by atoms with Crippen LogP contribution in [-0.4, -0.2) is 5.91 Å². The van der Waals surface area contributed by atoms with Crippen molar-refractivity contribution >= 4 is 5.91 Å². The van der Waals surface area contributed by atoms with Gasteiger partial charge in [0.25, 0.3) is 0 Å². The predicted octanol–water partition coefficient (Wildman–Crippen LogP) is 3.69. The van der Waals surface area contributed by atoms with Crippen molar-refractivity contribution in [3.05, 3.63) is 46.3 Å². The molecule has 19 heavy (non-hydrogen) atoms. The monoisotopic (exact) mass is 254 g/mol. The van der Waals surface area contributed by atoms with Crippen LogP contribution in [-0.2, 0) is 4.79 Å². The highest BCUT2D eigenvalue weighted by Gasteiger charge is 2.47. The second-order valence-corrected chi connectivity index (χ2v) is 4.79. The van der Waals surface area contributed by atoms with E-state index in [0.717, 1.165) is 24.8 Å². The van der Waals surface area contributed by atoms with Crippen LogP contribution in [0.3, 0.4) is 0 Å². The number of carbonyl (C=O) groups excluding carboxylic acids is 1. The summed E-state index contributed by atoms with van der Waals surface area (Å²) in [4.78, 5) is 14.6. The zero-order chi connectivity index (χ0) is 13.7. The van der Waals surface area contributed by atoms with Gasteiger partial charge < -0.3 is 0 Å². The summed E-state index contributed by atoms with van der Waals surface area (Å²) < 4.78 is 0. The summed E-state index contributed by atoms with van der Waals surface area (Å²) in [6.45, 7) is 0. The second-order valence-electron chi connectivity index (χ2n) is 4.79. The zero-order valence-electron chi connectivity index (χ0n) is 10.5. The van der Waals surface area contributed by atoms with Gasteiger partial charge in [0, 0.05) is 10.8 Å². The van der Waals surface area contributed by atoms with Crippen LogP contribution in [0.1, 0.15) is 37.2 Å². The molecular weight excluding hydrogens is 240 g/mol. The average Bonchev–Trinajstić information content (AvgIpc) is 2.48. The van der Waals surface area contributed by atoms with E-state index in [1.54, 1.807) is 0 Å². The van der Waals surface area contributed by atoms with E-state index in [-0.39, 0.29) is 5.92 Å². The molecule has 1 fully saturated rings. The molecule has 1 aliphatic rings. The Kier molecular flexibility index (Phi) is 3.84. The summed E-state index contributed by atoms with van der Waals surface area (Å²) in [5.74, 6) is -0.837. The van der Waals surface area contributed by atoms with Gasteiger partial charge in [-0.3, -0.25) is 4.79 Å². The number of rotatable bonds is 2. The van der Waals surface area contributed by atoms with Crippen molar-refractivity contribution in [3.8, 4) is 6.07 Å². The highest BCUT2D eigenvalue weighted by Crippen LogP contribution is 2.47. The van der Waals surface area contributed by atoms with Gasteiger partial charge in [0.15, 0.2) is 0 Å². The van der Waals surface area contributed by atoms with E-state index < -0.39 is 11.3 Å². The number of amides is 1. The molecule has 2 rings (SSSR count). The normalized spacial score (nSPS) is 25.9. The predicted molar refractivity (Wildman–Crippen MR) is 69.9 cm³/mol. The highest BCUT2D eigenvalue weighted by atomic mass is 16.2. The summed E-state index contributed by atoms with van der Waals surface area (Å²) in [5, 5.41) is 12.7. The van der Waals surface area contributed by atoms with Crippen molar-refractivity contribution in [2.24, 2.45) is 10.5 Å². The van der Waals surface area contributed by atoms with E-state index >= 15 is 0 Å². The number of carbonyl (C=O) groups is 1. The van der Waals surface area contributed by atoms with Crippen molar-refractivity contribution < 1.29 is 4.79 Å².